The van der Waals surface area contributed by atoms with Crippen LogP contribution in [0.15, 0.2) is 60.7 Å². The number of benzene rings is 2. The van der Waals surface area contributed by atoms with Gasteiger partial charge in [-0.05, 0) is 18.2 Å². The lowest BCUT2D eigenvalue weighted by Crippen LogP contribution is -2.50. The second-order valence-corrected chi connectivity index (χ2v) is 10.1. The van der Waals surface area contributed by atoms with Crippen molar-refractivity contribution in [2.24, 2.45) is 0 Å². The number of carbonyl (C=O) groups is 3. The largest absolute Gasteiger partial charge is 0.462 e. The number of ether oxygens (including phenoxy) is 2. The number of thiol groups is 1. The number of amides is 1. The summed E-state index contributed by atoms with van der Waals surface area (Å²) in [5.41, 5.74) is 1.44. The van der Waals surface area contributed by atoms with E-state index in [1.165, 1.54) is 16.7 Å². The molecule has 10 heteroatoms. The Kier molecular flexibility index (Phi) is 14.3. The lowest BCUT2D eigenvalue weighted by molar-refractivity contribution is -0.154. The average molecular weight is 556 g/mol. The zero-order chi connectivity index (χ0) is 25.5. The van der Waals surface area contributed by atoms with Gasteiger partial charge in [0.05, 0.1) is 24.3 Å². The maximum atomic E-state index is 13.8. The number of alkyl halides is 1. The molecule has 0 aliphatic heterocycles. The minimum Gasteiger partial charge on any atom is -0.462 e. The van der Waals surface area contributed by atoms with Crippen molar-refractivity contribution >= 4 is 64.7 Å². The van der Waals surface area contributed by atoms with Gasteiger partial charge in [0.1, 0.15) is 12.6 Å². The van der Waals surface area contributed by atoms with Gasteiger partial charge < -0.3 is 14.4 Å². The van der Waals surface area contributed by atoms with E-state index in [1.807, 2.05) is 42.7 Å². The molecule has 0 aliphatic carbocycles. The number of rotatable bonds is 15. The highest BCUT2D eigenvalue weighted by Gasteiger charge is 2.35. The molecule has 1 amide bonds. The lowest BCUT2D eigenvalue weighted by atomic mass is 10.1. The quantitative estimate of drug-likeness (QED) is 0.115. The first-order valence-electron chi connectivity index (χ1n) is 11.0. The van der Waals surface area contributed by atoms with Crippen LogP contribution in [0, 0.1) is 0 Å². The van der Waals surface area contributed by atoms with Crippen LogP contribution in [0.25, 0.3) is 0 Å². The Bertz CT molecular complexity index is 920. The van der Waals surface area contributed by atoms with Crippen molar-refractivity contribution in [1.29, 1.82) is 0 Å². The first kappa shape index (κ1) is 29.6. The van der Waals surface area contributed by atoms with Gasteiger partial charge in [0, 0.05) is 17.2 Å². The number of hydrogen-bond acceptors (Lipinski definition) is 8. The van der Waals surface area contributed by atoms with Crippen molar-refractivity contribution < 1.29 is 23.9 Å². The number of halogens is 1. The van der Waals surface area contributed by atoms with Gasteiger partial charge in [0.2, 0.25) is 11.0 Å². The Labute approximate surface area is 225 Å². The summed E-state index contributed by atoms with van der Waals surface area (Å²) in [5, 5.41) is -0.926. The minimum atomic E-state index is -0.892. The van der Waals surface area contributed by atoms with Gasteiger partial charge in [-0.15, -0.1) is 23.4 Å². The van der Waals surface area contributed by atoms with E-state index in [4.69, 9.17) is 21.1 Å². The summed E-state index contributed by atoms with van der Waals surface area (Å²) in [6.07, 6.45) is 2.18. The zero-order valence-corrected chi connectivity index (χ0v) is 22.8. The molecule has 2 rings (SSSR count). The van der Waals surface area contributed by atoms with Crippen LogP contribution in [-0.4, -0.2) is 76.8 Å². The third-order valence-electron chi connectivity index (χ3n) is 4.86. The second kappa shape index (κ2) is 16.9. The van der Waals surface area contributed by atoms with Crippen LogP contribution in [0.2, 0.25) is 0 Å². The van der Waals surface area contributed by atoms with E-state index in [1.54, 1.807) is 24.3 Å². The molecule has 0 bridgehead atoms. The summed E-state index contributed by atoms with van der Waals surface area (Å²) >= 11 is 12.3. The first-order chi connectivity index (χ1) is 17.0. The standard InChI is InChI=1S/C25H30ClNO5S3/c1-34-18-27(21(17-33)24(29)32-15-14-31-13-12-26)23(28)22(16-19-8-4-2-5-9-19)35-25(30)20-10-6-3-7-11-20/h2-11,21-22,33H,12-18H2,1H3/t21-,22-/m0/s1. The molecule has 0 fully saturated rings. The fourth-order valence-electron chi connectivity index (χ4n) is 3.16. The molecule has 190 valence electrons. The Hall–Kier alpha value is -1.65. The Morgan fingerprint density at radius 1 is 1.00 bits per heavy atom. The van der Waals surface area contributed by atoms with Gasteiger partial charge in [-0.2, -0.15) is 12.6 Å². The van der Waals surface area contributed by atoms with Crippen molar-refractivity contribution in [2.75, 3.05) is 43.6 Å². The van der Waals surface area contributed by atoms with E-state index in [-0.39, 0.29) is 35.9 Å². The van der Waals surface area contributed by atoms with Crippen LogP contribution in [0.5, 0.6) is 0 Å². The van der Waals surface area contributed by atoms with Crippen molar-refractivity contribution in [3.8, 4) is 0 Å². The van der Waals surface area contributed by atoms with E-state index >= 15 is 0 Å². The highest BCUT2D eigenvalue weighted by Crippen LogP contribution is 2.25. The summed E-state index contributed by atoms with van der Waals surface area (Å²) in [5.74, 6) is -0.177. The van der Waals surface area contributed by atoms with E-state index in [9.17, 15) is 14.4 Å². The molecular formula is C25H30ClNO5S3. The van der Waals surface area contributed by atoms with Gasteiger partial charge in [-0.3, -0.25) is 9.59 Å². The van der Waals surface area contributed by atoms with E-state index in [2.05, 4.69) is 12.6 Å². The van der Waals surface area contributed by atoms with Gasteiger partial charge >= 0.3 is 5.97 Å². The smallest absolute Gasteiger partial charge is 0.329 e. The first-order valence-corrected chi connectivity index (χ1v) is 14.5. The highest BCUT2D eigenvalue weighted by molar-refractivity contribution is 8.15. The van der Waals surface area contributed by atoms with Gasteiger partial charge in [0.25, 0.3) is 0 Å². The number of hydrogen-bond donors (Lipinski definition) is 1. The number of nitrogens with zero attached hydrogens (tertiary/aromatic N) is 1. The Balaban J connectivity index is 2.22. The lowest BCUT2D eigenvalue weighted by Gasteiger charge is -2.31. The van der Waals surface area contributed by atoms with Crippen molar-refractivity contribution in [1.82, 2.24) is 4.90 Å². The molecule has 0 spiro atoms. The number of thioether (sulfide) groups is 2. The monoisotopic (exact) mass is 555 g/mol. The fraction of sp³-hybridized carbons (Fsp3) is 0.400. The molecule has 0 aromatic heterocycles. The predicted molar refractivity (Wildman–Crippen MR) is 148 cm³/mol. The van der Waals surface area contributed by atoms with Crippen molar-refractivity contribution in [3.63, 3.8) is 0 Å². The average Bonchev–Trinajstić information content (AvgIpc) is 2.88. The predicted octanol–water partition coefficient (Wildman–Crippen LogP) is 4.42. The molecule has 2 aromatic rings. The SMILES string of the molecule is CSCN(C(=O)[C@H](Cc1ccccc1)SC(=O)c1ccccc1)[C@@H](CS)C(=O)OCCOCCCl. The van der Waals surface area contributed by atoms with Crippen LogP contribution in [0.3, 0.4) is 0 Å². The maximum absolute atomic E-state index is 13.8. The zero-order valence-electron chi connectivity index (χ0n) is 19.5. The van der Waals surface area contributed by atoms with Crippen LogP contribution >= 0.6 is 47.8 Å². The maximum Gasteiger partial charge on any atom is 0.329 e. The molecule has 2 atom stereocenters. The molecule has 6 nitrogen and oxygen atoms in total. The summed E-state index contributed by atoms with van der Waals surface area (Å²) < 4.78 is 10.6. The highest BCUT2D eigenvalue weighted by atomic mass is 35.5. The van der Waals surface area contributed by atoms with Gasteiger partial charge in [-0.25, -0.2) is 4.79 Å². The molecule has 0 aliphatic rings. The minimum absolute atomic E-state index is 0.0516. The summed E-state index contributed by atoms with van der Waals surface area (Å²) in [6, 6.07) is 17.5. The molecule has 0 radical (unpaired) electrons. The van der Waals surface area contributed by atoms with E-state index in [0.717, 1.165) is 17.3 Å². The molecule has 0 saturated carbocycles. The summed E-state index contributed by atoms with van der Waals surface area (Å²) in [7, 11) is 0. The Morgan fingerprint density at radius 3 is 2.26 bits per heavy atom. The fourth-order valence-corrected chi connectivity index (χ4v) is 5.25. The molecule has 2 aromatic carbocycles. The summed E-state index contributed by atoms with van der Waals surface area (Å²) in [4.78, 5) is 41.1. The molecule has 0 saturated heterocycles. The van der Waals surface area contributed by atoms with Crippen molar-refractivity contribution in [2.45, 2.75) is 17.7 Å². The van der Waals surface area contributed by atoms with Crippen LogP contribution in [-0.2, 0) is 25.5 Å². The number of carbonyl (C=O) groups excluding carboxylic acids is 3. The second-order valence-electron chi connectivity index (χ2n) is 7.34. The molecule has 0 unspecified atom stereocenters. The van der Waals surface area contributed by atoms with Crippen LogP contribution in [0.4, 0.5) is 0 Å². The molecular weight excluding hydrogens is 526 g/mol. The normalized spacial score (nSPS) is 12.5. The Morgan fingerprint density at radius 2 is 1.66 bits per heavy atom. The van der Waals surface area contributed by atoms with Crippen LogP contribution in [0.1, 0.15) is 15.9 Å². The van der Waals surface area contributed by atoms with Gasteiger partial charge in [0.15, 0.2) is 0 Å². The third-order valence-corrected chi connectivity index (χ3v) is 7.00. The third kappa shape index (κ3) is 10.1. The number of esters is 1. The molecule has 0 heterocycles. The van der Waals surface area contributed by atoms with E-state index < -0.39 is 17.3 Å². The van der Waals surface area contributed by atoms with Crippen LogP contribution < -0.4 is 0 Å². The molecule has 0 N–H and O–H groups in total. The van der Waals surface area contributed by atoms with Crippen molar-refractivity contribution in [3.05, 3.63) is 71.8 Å². The summed E-state index contributed by atoms with van der Waals surface area (Å²) in [6.45, 7) is 0.627. The topological polar surface area (TPSA) is 72.9 Å². The van der Waals surface area contributed by atoms with Gasteiger partial charge in [-0.1, -0.05) is 72.4 Å². The molecule has 35 heavy (non-hydrogen) atoms. The van der Waals surface area contributed by atoms with E-state index in [0.29, 0.717) is 24.5 Å².